The zero-order chi connectivity index (χ0) is 20.9. The molecule has 2 aliphatic heterocycles. The van der Waals surface area contributed by atoms with Gasteiger partial charge in [0.05, 0.1) is 11.8 Å². The number of benzene rings is 1. The largest absolute Gasteiger partial charge is 0.507 e. The van der Waals surface area contributed by atoms with Gasteiger partial charge in [0, 0.05) is 35.3 Å². The van der Waals surface area contributed by atoms with Crippen molar-refractivity contribution in [3.8, 4) is 17.1 Å². The molecule has 0 spiro atoms. The number of piperidine rings is 2. The summed E-state index contributed by atoms with van der Waals surface area (Å²) < 4.78 is 15.4. The Labute approximate surface area is 174 Å². The minimum Gasteiger partial charge on any atom is -0.507 e. The highest BCUT2D eigenvalue weighted by molar-refractivity contribution is 5.88. The second-order valence-corrected chi connectivity index (χ2v) is 8.68. The molecule has 0 unspecified atom stereocenters. The first-order chi connectivity index (χ1) is 14.4. The molecule has 2 aromatic heterocycles. The molecule has 2 fully saturated rings. The van der Waals surface area contributed by atoms with Gasteiger partial charge in [-0.25, -0.2) is 9.37 Å². The van der Waals surface area contributed by atoms with Crippen molar-refractivity contribution >= 4 is 16.3 Å². The van der Waals surface area contributed by atoms with Gasteiger partial charge in [0.1, 0.15) is 17.6 Å². The lowest BCUT2D eigenvalue weighted by Gasteiger charge is -2.50. The number of fused-ring (bicyclic) bond motifs is 3. The van der Waals surface area contributed by atoms with Crippen LogP contribution in [0.3, 0.4) is 0 Å². The van der Waals surface area contributed by atoms with Gasteiger partial charge in [-0.15, -0.1) is 10.2 Å². The lowest BCUT2D eigenvalue weighted by atomic mass is 9.69. The molecule has 7 heteroatoms. The van der Waals surface area contributed by atoms with E-state index in [1.165, 1.54) is 0 Å². The highest BCUT2D eigenvalue weighted by atomic mass is 19.1. The maximum Gasteiger partial charge on any atom is 0.185 e. The van der Waals surface area contributed by atoms with Gasteiger partial charge in [-0.2, -0.15) is 0 Å². The van der Waals surface area contributed by atoms with Gasteiger partial charge in [0.25, 0.3) is 0 Å². The van der Waals surface area contributed by atoms with E-state index in [0.717, 1.165) is 30.0 Å². The smallest absolute Gasteiger partial charge is 0.185 e. The van der Waals surface area contributed by atoms with E-state index in [1.54, 1.807) is 24.7 Å². The summed E-state index contributed by atoms with van der Waals surface area (Å²) in [4.78, 5) is 8.46. The number of nitrogens with one attached hydrogen (secondary N) is 1. The predicted octanol–water partition coefficient (Wildman–Crippen LogP) is 4.06. The zero-order valence-electron chi connectivity index (χ0n) is 16.8. The summed E-state index contributed by atoms with van der Waals surface area (Å²) in [6.07, 6.45) is 7.58. The van der Waals surface area contributed by atoms with Crippen LogP contribution in [0.4, 0.5) is 4.39 Å². The number of alkyl halides is 1. The van der Waals surface area contributed by atoms with Crippen LogP contribution in [0.25, 0.3) is 27.7 Å². The van der Waals surface area contributed by atoms with E-state index in [-0.39, 0.29) is 11.7 Å². The van der Waals surface area contributed by atoms with E-state index in [9.17, 15) is 5.11 Å². The highest BCUT2D eigenvalue weighted by Gasteiger charge is 2.48. The van der Waals surface area contributed by atoms with Gasteiger partial charge in [-0.1, -0.05) is 6.58 Å². The third-order valence-corrected chi connectivity index (χ3v) is 6.62. The number of halogens is 1. The molecule has 154 valence electrons. The van der Waals surface area contributed by atoms with Crippen molar-refractivity contribution in [2.24, 2.45) is 5.92 Å². The molecule has 6 nitrogen and oxygen atoms in total. The van der Waals surface area contributed by atoms with Crippen LogP contribution in [-0.2, 0) is 0 Å². The predicted molar refractivity (Wildman–Crippen MR) is 113 cm³/mol. The number of phenolic OH excluding ortho intramolecular Hbond substituents is 1. The number of allylic oxidation sites excluding steroid dienone is 1. The van der Waals surface area contributed by atoms with Crippen LogP contribution in [0.15, 0.2) is 43.4 Å². The molecule has 2 aliphatic rings. The summed E-state index contributed by atoms with van der Waals surface area (Å²) in [5.74, 6) is 0.0746. The second-order valence-electron chi connectivity index (χ2n) is 8.68. The molecule has 0 saturated carbocycles. The number of aromatic hydroxyl groups is 1. The van der Waals surface area contributed by atoms with Crippen molar-refractivity contribution in [3.63, 3.8) is 0 Å². The Morgan fingerprint density at radius 1 is 1.27 bits per heavy atom. The summed E-state index contributed by atoms with van der Waals surface area (Å²) in [5, 5.41) is 24.1. The first-order valence-electron chi connectivity index (χ1n) is 10.3. The Balaban J connectivity index is 1.43. The molecule has 0 amide bonds. The molecule has 2 N–H and O–H groups in total. The quantitative estimate of drug-likeness (QED) is 0.684. The number of rotatable bonds is 3. The number of nitrogens with zero attached hydrogens (tertiary/aromatic N) is 4. The van der Waals surface area contributed by atoms with Gasteiger partial charge >= 0.3 is 0 Å². The molecule has 0 radical (unpaired) electrons. The molecule has 30 heavy (non-hydrogen) atoms. The van der Waals surface area contributed by atoms with E-state index < -0.39 is 11.7 Å². The molecule has 5 rings (SSSR count). The highest BCUT2D eigenvalue weighted by Crippen LogP contribution is 2.43. The fourth-order valence-corrected chi connectivity index (χ4v) is 4.95. The van der Waals surface area contributed by atoms with Gasteiger partial charge in [0.2, 0.25) is 0 Å². The Bertz CT molecular complexity index is 1120. The summed E-state index contributed by atoms with van der Waals surface area (Å²) in [6.45, 7) is 6.12. The van der Waals surface area contributed by atoms with Crippen molar-refractivity contribution in [2.45, 2.75) is 50.4 Å². The minimum absolute atomic E-state index is 0.0619. The summed E-state index contributed by atoms with van der Waals surface area (Å²) >= 11 is 0. The van der Waals surface area contributed by atoms with Crippen LogP contribution in [0.5, 0.6) is 5.75 Å². The van der Waals surface area contributed by atoms with Crippen molar-refractivity contribution in [1.29, 1.82) is 0 Å². The van der Waals surface area contributed by atoms with Crippen LogP contribution in [0.2, 0.25) is 0 Å². The molecule has 2 bridgehead atoms. The second kappa shape index (κ2) is 7.09. The Hall–Kier alpha value is -2.93. The normalized spacial score (nSPS) is 28.4. The minimum atomic E-state index is -1.03. The number of phenols is 1. The standard InChI is InChI=1S/C23H24FN5O/c1-13(17-10-16-4-3-6-23(2,27-16)21(17)24)19-12-26-22(29-28-19)18-8-14-5-7-25-11-15(14)9-20(18)30/h5,7-9,11-12,16-17,21,27,30H,1,3-4,6,10H2,2H3/t16-,17+,21+,23+/m1/s1. The van der Waals surface area contributed by atoms with E-state index >= 15 is 4.39 Å². The Morgan fingerprint density at radius 3 is 2.93 bits per heavy atom. The average Bonchev–Trinajstić information content (AvgIpc) is 2.75. The fraction of sp³-hybridized carbons (Fsp3) is 0.391. The number of hydrogen-bond donors (Lipinski definition) is 2. The maximum absolute atomic E-state index is 15.4. The number of pyridine rings is 1. The maximum atomic E-state index is 15.4. The molecule has 4 heterocycles. The molecule has 3 aromatic rings. The average molecular weight is 405 g/mol. The zero-order valence-corrected chi connectivity index (χ0v) is 16.8. The Morgan fingerprint density at radius 2 is 2.13 bits per heavy atom. The summed E-state index contributed by atoms with van der Waals surface area (Å²) in [6, 6.07) is 5.61. The van der Waals surface area contributed by atoms with Crippen molar-refractivity contribution in [1.82, 2.24) is 25.5 Å². The van der Waals surface area contributed by atoms with Crippen molar-refractivity contribution in [2.75, 3.05) is 0 Å². The van der Waals surface area contributed by atoms with Crippen molar-refractivity contribution < 1.29 is 9.50 Å². The number of aromatic nitrogens is 4. The third-order valence-electron chi connectivity index (χ3n) is 6.62. The van der Waals surface area contributed by atoms with Crippen LogP contribution < -0.4 is 5.32 Å². The molecule has 1 aromatic carbocycles. The van der Waals surface area contributed by atoms with Crippen LogP contribution in [-0.4, -0.2) is 43.0 Å². The van der Waals surface area contributed by atoms with Crippen molar-refractivity contribution in [3.05, 3.63) is 49.1 Å². The summed E-state index contributed by atoms with van der Waals surface area (Å²) in [7, 11) is 0. The third kappa shape index (κ3) is 3.13. The fourth-order valence-electron chi connectivity index (χ4n) is 4.95. The molecule has 2 saturated heterocycles. The molecular weight excluding hydrogens is 381 g/mol. The van der Waals surface area contributed by atoms with E-state index in [2.05, 4.69) is 32.1 Å². The number of hydrogen-bond acceptors (Lipinski definition) is 6. The SMILES string of the molecule is C=C(c1cnc(-c2cc3ccncc3cc2O)nn1)[C@@H]1C[C@H]2CCC[C@](C)(N2)[C@H]1F. The van der Waals surface area contributed by atoms with E-state index in [1.807, 2.05) is 19.1 Å². The van der Waals surface area contributed by atoms with Crippen LogP contribution >= 0.6 is 0 Å². The first kappa shape index (κ1) is 19.1. The van der Waals surface area contributed by atoms with Crippen LogP contribution in [0.1, 0.15) is 38.3 Å². The van der Waals surface area contributed by atoms with Gasteiger partial charge in [0.15, 0.2) is 5.82 Å². The lowest BCUT2D eigenvalue weighted by molar-refractivity contribution is 0.0324. The van der Waals surface area contributed by atoms with Gasteiger partial charge in [-0.3, -0.25) is 4.98 Å². The van der Waals surface area contributed by atoms with E-state index in [4.69, 9.17) is 0 Å². The monoisotopic (exact) mass is 405 g/mol. The lowest BCUT2D eigenvalue weighted by Crippen LogP contribution is -2.63. The Kier molecular flexibility index (Phi) is 4.50. The van der Waals surface area contributed by atoms with Gasteiger partial charge < -0.3 is 10.4 Å². The van der Waals surface area contributed by atoms with E-state index in [0.29, 0.717) is 35.1 Å². The first-order valence-corrected chi connectivity index (χ1v) is 10.3. The topological polar surface area (TPSA) is 83.8 Å². The van der Waals surface area contributed by atoms with Gasteiger partial charge in [-0.05, 0) is 61.8 Å². The summed E-state index contributed by atoms with van der Waals surface area (Å²) in [5.41, 5.74) is 1.12. The molecule has 4 atom stereocenters. The van der Waals surface area contributed by atoms with Crippen LogP contribution in [0, 0.1) is 5.92 Å². The molecular formula is C23H24FN5O. The molecule has 0 aliphatic carbocycles.